The highest BCUT2D eigenvalue weighted by Crippen LogP contribution is 2.32. The van der Waals surface area contributed by atoms with Gasteiger partial charge in [0.2, 0.25) is 0 Å². The zero-order chi connectivity index (χ0) is 18.0. The molecule has 5 nitrogen and oxygen atoms in total. The summed E-state index contributed by atoms with van der Waals surface area (Å²) in [5.74, 6) is -0.181. The SMILES string of the molecule is CCN1C(=O)/C(=C/c2ccc(NC(=O)c3ccc(Br)o3)cc2)SC1=S. The second kappa shape index (κ2) is 7.55. The van der Waals surface area contributed by atoms with Gasteiger partial charge in [-0.15, -0.1) is 0 Å². The third-order valence-electron chi connectivity index (χ3n) is 3.45. The summed E-state index contributed by atoms with van der Waals surface area (Å²) in [6.07, 6.45) is 1.80. The van der Waals surface area contributed by atoms with Crippen molar-refractivity contribution in [3.05, 3.63) is 57.3 Å². The van der Waals surface area contributed by atoms with Crippen LogP contribution in [0, 0.1) is 0 Å². The molecular formula is C17H13BrN2O3S2. The summed E-state index contributed by atoms with van der Waals surface area (Å²) in [5.41, 5.74) is 1.49. The number of thioether (sulfide) groups is 1. The van der Waals surface area contributed by atoms with Crippen molar-refractivity contribution in [3.63, 3.8) is 0 Å². The fourth-order valence-corrected chi connectivity index (χ4v) is 3.91. The van der Waals surface area contributed by atoms with Crippen LogP contribution in [-0.2, 0) is 4.79 Å². The molecule has 128 valence electrons. The van der Waals surface area contributed by atoms with Crippen LogP contribution in [0.3, 0.4) is 0 Å². The molecule has 2 amide bonds. The maximum Gasteiger partial charge on any atom is 0.291 e. The van der Waals surface area contributed by atoms with Gasteiger partial charge < -0.3 is 9.73 Å². The van der Waals surface area contributed by atoms with Crippen LogP contribution < -0.4 is 5.32 Å². The highest BCUT2D eigenvalue weighted by molar-refractivity contribution is 9.10. The van der Waals surface area contributed by atoms with E-state index < -0.39 is 0 Å². The Bertz CT molecular complexity index is 874. The summed E-state index contributed by atoms with van der Waals surface area (Å²) in [6, 6.07) is 10.4. The van der Waals surface area contributed by atoms with Gasteiger partial charge in [0, 0.05) is 12.2 Å². The first kappa shape index (κ1) is 17.9. The predicted molar refractivity (Wildman–Crippen MR) is 106 cm³/mol. The minimum Gasteiger partial charge on any atom is -0.444 e. The van der Waals surface area contributed by atoms with Gasteiger partial charge in [0.05, 0.1) is 4.91 Å². The summed E-state index contributed by atoms with van der Waals surface area (Å²) in [7, 11) is 0. The summed E-state index contributed by atoms with van der Waals surface area (Å²) in [5, 5.41) is 2.75. The summed E-state index contributed by atoms with van der Waals surface area (Å²) < 4.78 is 6.28. The largest absolute Gasteiger partial charge is 0.444 e. The summed E-state index contributed by atoms with van der Waals surface area (Å²) in [4.78, 5) is 26.4. The Kier molecular flexibility index (Phi) is 5.41. The second-order valence-corrected chi connectivity index (χ2v) is 7.56. The standard InChI is InChI=1S/C17H13BrN2O3S2/c1-2-20-16(22)13(25-17(20)24)9-10-3-5-11(6-4-10)19-15(21)12-7-8-14(18)23-12/h3-9H,2H2,1H3,(H,19,21)/b13-9-. The molecule has 1 aliphatic rings. The smallest absolute Gasteiger partial charge is 0.291 e. The molecule has 3 rings (SSSR count). The molecule has 2 heterocycles. The topological polar surface area (TPSA) is 62.6 Å². The zero-order valence-corrected chi connectivity index (χ0v) is 16.3. The zero-order valence-electron chi connectivity index (χ0n) is 13.1. The lowest BCUT2D eigenvalue weighted by Gasteiger charge is -2.09. The van der Waals surface area contributed by atoms with Gasteiger partial charge >= 0.3 is 0 Å². The fraction of sp³-hybridized carbons (Fsp3) is 0.118. The highest BCUT2D eigenvalue weighted by Gasteiger charge is 2.30. The fourth-order valence-electron chi connectivity index (χ4n) is 2.22. The van der Waals surface area contributed by atoms with Crippen molar-refractivity contribution in [3.8, 4) is 0 Å². The van der Waals surface area contributed by atoms with Crippen molar-refractivity contribution < 1.29 is 14.0 Å². The van der Waals surface area contributed by atoms with Gasteiger partial charge in [-0.3, -0.25) is 14.5 Å². The maximum atomic E-state index is 12.2. The van der Waals surface area contributed by atoms with Crippen LogP contribution in [0.25, 0.3) is 6.08 Å². The minimum absolute atomic E-state index is 0.0710. The van der Waals surface area contributed by atoms with E-state index in [4.69, 9.17) is 16.6 Å². The number of furan rings is 1. The van der Waals surface area contributed by atoms with Crippen molar-refractivity contribution in [1.29, 1.82) is 0 Å². The number of nitrogens with zero attached hydrogens (tertiary/aromatic N) is 1. The number of hydrogen-bond donors (Lipinski definition) is 1. The van der Waals surface area contributed by atoms with Gasteiger partial charge in [-0.1, -0.05) is 36.1 Å². The van der Waals surface area contributed by atoms with Crippen molar-refractivity contribution in [2.45, 2.75) is 6.92 Å². The van der Waals surface area contributed by atoms with Crippen LogP contribution in [-0.4, -0.2) is 27.6 Å². The number of rotatable bonds is 4. The number of hydrogen-bond acceptors (Lipinski definition) is 5. The quantitative estimate of drug-likeness (QED) is 0.563. The van der Waals surface area contributed by atoms with Crippen molar-refractivity contribution in [2.24, 2.45) is 0 Å². The lowest BCUT2D eigenvalue weighted by Crippen LogP contribution is -2.27. The van der Waals surface area contributed by atoms with Crippen molar-refractivity contribution in [2.75, 3.05) is 11.9 Å². The molecule has 1 saturated heterocycles. The van der Waals surface area contributed by atoms with Crippen molar-refractivity contribution in [1.82, 2.24) is 4.90 Å². The van der Waals surface area contributed by atoms with Crippen molar-refractivity contribution >= 4 is 67.8 Å². The average molecular weight is 437 g/mol. The van der Waals surface area contributed by atoms with Gasteiger partial charge in [-0.2, -0.15) is 0 Å². The van der Waals surface area contributed by atoms with Gasteiger partial charge in [-0.25, -0.2) is 0 Å². The Morgan fingerprint density at radius 3 is 2.60 bits per heavy atom. The molecule has 0 bridgehead atoms. The number of thiocarbonyl (C=S) groups is 1. The average Bonchev–Trinajstić information content (AvgIpc) is 3.13. The maximum absolute atomic E-state index is 12.2. The van der Waals surface area contributed by atoms with E-state index >= 15 is 0 Å². The van der Waals surface area contributed by atoms with E-state index in [-0.39, 0.29) is 17.6 Å². The normalized spacial score (nSPS) is 15.9. The van der Waals surface area contributed by atoms with E-state index in [9.17, 15) is 9.59 Å². The Labute approximate surface area is 162 Å². The molecule has 2 aromatic rings. The monoisotopic (exact) mass is 436 g/mol. The summed E-state index contributed by atoms with van der Waals surface area (Å²) >= 11 is 9.65. The highest BCUT2D eigenvalue weighted by atomic mass is 79.9. The van der Waals surface area contributed by atoms with Crippen LogP contribution in [0.5, 0.6) is 0 Å². The predicted octanol–water partition coefficient (Wildman–Crippen LogP) is 4.52. The van der Waals surface area contributed by atoms with Crippen LogP contribution in [0.1, 0.15) is 23.0 Å². The number of likely N-dealkylation sites (N-methyl/N-ethyl adjacent to an activating group) is 1. The number of carbonyl (C=O) groups excluding carboxylic acids is 2. The van der Waals surface area contributed by atoms with Crippen LogP contribution in [0.15, 0.2) is 50.4 Å². The molecule has 1 aromatic heterocycles. The van der Waals surface area contributed by atoms with E-state index in [1.54, 1.807) is 35.2 Å². The molecule has 1 aromatic carbocycles. The number of nitrogens with one attached hydrogen (secondary N) is 1. The molecule has 0 spiro atoms. The molecule has 1 aliphatic heterocycles. The van der Waals surface area contributed by atoms with E-state index in [1.807, 2.05) is 19.1 Å². The lowest BCUT2D eigenvalue weighted by molar-refractivity contribution is -0.121. The third kappa shape index (κ3) is 4.02. The first-order valence-corrected chi connectivity index (χ1v) is 9.42. The van der Waals surface area contributed by atoms with E-state index in [1.165, 1.54) is 11.8 Å². The Hall–Kier alpha value is -1.90. The Balaban J connectivity index is 1.70. The number of amides is 2. The molecule has 25 heavy (non-hydrogen) atoms. The first-order chi connectivity index (χ1) is 12.0. The van der Waals surface area contributed by atoms with Crippen LogP contribution in [0.4, 0.5) is 5.69 Å². The van der Waals surface area contributed by atoms with Gasteiger partial charge in [0.25, 0.3) is 11.8 Å². The molecule has 1 N–H and O–H groups in total. The molecule has 0 radical (unpaired) electrons. The number of benzene rings is 1. The lowest BCUT2D eigenvalue weighted by atomic mass is 10.2. The van der Waals surface area contributed by atoms with E-state index in [0.717, 1.165) is 5.56 Å². The molecule has 0 saturated carbocycles. The minimum atomic E-state index is -0.331. The molecular weight excluding hydrogens is 424 g/mol. The number of halogens is 1. The van der Waals surface area contributed by atoms with E-state index in [2.05, 4.69) is 21.2 Å². The molecule has 0 aliphatic carbocycles. The van der Waals surface area contributed by atoms with Gasteiger partial charge in [-0.05, 0) is 58.8 Å². The van der Waals surface area contributed by atoms with Gasteiger partial charge in [0.1, 0.15) is 4.32 Å². The molecule has 0 unspecified atom stereocenters. The van der Waals surface area contributed by atoms with Gasteiger partial charge in [0.15, 0.2) is 10.4 Å². The van der Waals surface area contributed by atoms with Crippen LogP contribution in [0.2, 0.25) is 0 Å². The third-order valence-corrected chi connectivity index (χ3v) is 5.26. The molecule has 8 heteroatoms. The molecule has 0 atom stereocenters. The molecule has 1 fully saturated rings. The first-order valence-electron chi connectivity index (χ1n) is 7.40. The van der Waals surface area contributed by atoms with E-state index in [0.29, 0.717) is 26.1 Å². The Morgan fingerprint density at radius 2 is 2.04 bits per heavy atom. The Morgan fingerprint density at radius 1 is 1.32 bits per heavy atom. The second-order valence-electron chi connectivity index (χ2n) is 5.11. The number of carbonyl (C=O) groups is 2. The summed E-state index contributed by atoms with van der Waals surface area (Å²) in [6.45, 7) is 2.46. The number of anilines is 1. The van der Waals surface area contributed by atoms with Crippen LogP contribution >= 0.6 is 39.9 Å².